The molecule has 4 rings (SSSR count). The van der Waals surface area contributed by atoms with Crippen LogP contribution in [0, 0.1) is 0 Å². The van der Waals surface area contributed by atoms with Crippen molar-refractivity contribution in [1.82, 2.24) is 14.5 Å². The highest BCUT2D eigenvalue weighted by atomic mass is 35.5. The van der Waals surface area contributed by atoms with Gasteiger partial charge in [0.2, 0.25) is 0 Å². The van der Waals surface area contributed by atoms with Gasteiger partial charge in [-0.15, -0.1) is 0 Å². The maximum absolute atomic E-state index is 11.1. The predicted octanol–water partition coefficient (Wildman–Crippen LogP) is 3.66. The van der Waals surface area contributed by atoms with E-state index in [4.69, 9.17) is 11.6 Å². The Labute approximate surface area is 159 Å². The number of benzene rings is 1. The van der Waals surface area contributed by atoms with Crippen LogP contribution in [0.3, 0.4) is 0 Å². The zero-order chi connectivity index (χ0) is 18.5. The number of rotatable bonds is 3. The van der Waals surface area contributed by atoms with Gasteiger partial charge in [0.25, 0.3) is 0 Å². The third-order valence-electron chi connectivity index (χ3n) is 5.54. The number of hydrogen-bond donors (Lipinski definition) is 1. The van der Waals surface area contributed by atoms with Crippen LogP contribution in [0.15, 0.2) is 36.7 Å². The number of hydrogen-bond acceptors (Lipinski definition) is 3. The van der Waals surface area contributed by atoms with E-state index >= 15 is 0 Å². The Balaban J connectivity index is 1.86. The monoisotopic (exact) mass is 369 g/mol. The van der Waals surface area contributed by atoms with Gasteiger partial charge in [-0.25, -0.2) is 0 Å². The SMILES string of the molecule is CN1CCc2c(c3cc(Cl)cc(CC(C)(O)c4cccnc4)c3n2C)C1. The molecule has 0 aliphatic carbocycles. The summed E-state index contributed by atoms with van der Waals surface area (Å²) < 4.78 is 2.29. The molecule has 1 unspecified atom stereocenters. The van der Waals surface area contributed by atoms with Crippen LogP contribution < -0.4 is 0 Å². The van der Waals surface area contributed by atoms with Gasteiger partial charge in [0, 0.05) is 67.0 Å². The molecular weight excluding hydrogens is 346 g/mol. The van der Waals surface area contributed by atoms with Gasteiger partial charge in [-0.05, 0) is 43.3 Å². The van der Waals surface area contributed by atoms with E-state index in [2.05, 4.69) is 34.6 Å². The van der Waals surface area contributed by atoms with Gasteiger partial charge in [0.15, 0.2) is 0 Å². The summed E-state index contributed by atoms with van der Waals surface area (Å²) in [7, 11) is 4.28. The van der Waals surface area contributed by atoms with E-state index in [9.17, 15) is 5.11 Å². The molecule has 0 bridgehead atoms. The number of aliphatic hydroxyl groups is 1. The summed E-state index contributed by atoms with van der Waals surface area (Å²) in [4.78, 5) is 6.50. The second-order valence-electron chi connectivity index (χ2n) is 7.63. The molecule has 1 N–H and O–H groups in total. The van der Waals surface area contributed by atoms with E-state index in [0.29, 0.717) is 6.42 Å². The largest absolute Gasteiger partial charge is 0.385 e. The molecule has 1 atom stereocenters. The van der Waals surface area contributed by atoms with E-state index in [0.717, 1.165) is 35.7 Å². The molecule has 0 fully saturated rings. The maximum atomic E-state index is 11.1. The van der Waals surface area contributed by atoms with Crippen LogP contribution in [0.2, 0.25) is 5.02 Å². The molecule has 5 heteroatoms. The first-order chi connectivity index (χ1) is 12.4. The lowest BCUT2D eigenvalue weighted by Crippen LogP contribution is -2.27. The van der Waals surface area contributed by atoms with Gasteiger partial charge in [-0.2, -0.15) is 0 Å². The molecule has 136 valence electrons. The highest BCUT2D eigenvalue weighted by Crippen LogP contribution is 2.36. The molecule has 2 aromatic heterocycles. The highest BCUT2D eigenvalue weighted by molar-refractivity contribution is 6.31. The third kappa shape index (κ3) is 2.92. The van der Waals surface area contributed by atoms with Crippen molar-refractivity contribution in [2.45, 2.75) is 31.9 Å². The third-order valence-corrected chi connectivity index (χ3v) is 5.76. The van der Waals surface area contributed by atoms with Crippen LogP contribution in [0.25, 0.3) is 10.9 Å². The number of aromatic nitrogens is 2. The number of fused-ring (bicyclic) bond motifs is 3. The van der Waals surface area contributed by atoms with Crippen molar-refractivity contribution in [3.05, 3.63) is 64.1 Å². The zero-order valence-corrected chi connectivity index (χ0v) is 16.2. The molecule has 1 aliphatic rings. The first-order valence-corrected chi connectivity index (χ1v) is 9.34. The lowest BCUT2D eigenvalue weighted by atomic mass is 9.89. The Morgan fingerprint density at radius 3 is 2.85 bits per heavy atom. The summed E-state index contributed by atoms with van der Waals surface area (Å²) in [5.41, 5.74) is 4.79. The van der Waals surface area contributed by atoms with Crippen molar-refractivity contribution in [3.63, 3.8) is 0 Å². The van der Waals surface area contributed by atoms with E-state index in [1.54, 1.807) is 12.4 Å². The highest BCUT2D eigenvalue weighted by Gasteiger charge is 2.28. The molecule has 3 heterocycles. The maximum Gasteiger partial charge on any atom is 0.0924 e. The molecule has 4 nitrogen and oxygen atoms in total. The fraction of sp³-hybridized carbons (Fsp3) is 0.381. The number of nitrogens with zero attached hydrogens (tertiary/aromatic N) is 3. The van der Waals surface area contributed by atoms with Crippen molar-refractivity contribution >= 4 is 22.5 Å². The first kappa shape index (κ1) is 17.5. The molecule has 26 heavy (non-hydrogen) atoms. The lowest BCUT2D eigenvalue weighted by molar-refractivity contribution is 0.0575. The second kappa shape index (κ2) is 6.38. The average Bonchev–Trinajstić information content (AvgIpc) is 2.87. The average molecular weight is 370 g/mol. The first-order valence-electron chi connectivity index (χ1n) is 8.97. The Morgan fingerprint density at radius 1 is 1.31 bits per heavy atom. The zero-order valence-electron chi connectivity index (χ0n) is 15.5. The van der Waals surface area contributed by atoms with Gasteiger partial charge in [0.1, 0.15) is 0 Å². The van der Waals surface area contributed by atoms with Gasteiger partial charge in [0.05, 0.1) is 11.1 Å². The van der Waals surface area contributed by atoms with Gasteiger partial charge < -0.3 is 14.6 Å². The number of pyridine rings is 1. The van der Waals surface area contributed by atoms with Crippen molar-refractivity contribution < 1.29 is 5.11 Å². The van der Waals surface area contributed by atoms with Gasteiger partial charge in [-0.3, -0.25) is 4.98 Å². The minimum absolute atomic E-state index is 0.488. The summed E-state index contributed by atoms with van der Waals surface area (Å²) in [6.45, 7) is 3.84. The van der Waals surface area contributed by atoms with E-state index in [-0.39, 0.29) is 0 Å². The topological polar surface area (TPSA) is 41.3 Å². The van der Waals surface area contributed by atoms with Crippen LogP contribution in [0.5, 0.6) is 0 Å². The molecular formula is C21H24ClN3O. The molecule has 1 aliphatic heterocycles. The predicted molar refractivity (Wildman–Crippen MR) is 105 cm³/mol. The quantitative estimate of drug-likeness (QED) is 0.766. The molecule has 3 aromatic rings. The number of aryl methyl sites for hydroxylation is 1. The fourth-order valence-corrected chi connectivity index (χ4v) is 4.45. The number of halogens is 1. The standard InChI is InChI=1S/C21H24ClN3O/c1-21(26,15-5-4-7-23-12-15)11-14-9-16(22)10-17-18-13-24(2)8-6-19(18)25(3)20(14)17/h4-5,7,9-10,12,26H,6,8,11,13H2,1-3H3. The van der Waals surface area contributed by atoms with Gasteiger partial charge >= 0.3 is 0 Å². The summed E-state index contributed by atoms with van der Waals surface area (Å²) in [6, 6.07) is 7.83. The summed E-state index contributed by atoms with van der Waals surface area (Å²) in [6.07, 6.45) is 4.97. The van der Waals surface area contributed by atoms with Crippen LogP contribution in [0.4, 0.5) is 0 Å². The Bertz CT molecular complexity index is 963. The van der Waals surface area contributed by atoms with Crippen LogP contribution in [-0.2, 0) is 32.0 Å². The summed E-state index contributed by atoms with van der Waals surface area (Å²) >= 11 is 6.47. The van der Waals surface area contributed by atoms with E-state index in [1.165, 1.54) is 22.2 Å². The normalized spacial score (nSPS) is 17.3. The van der Waals surface area contributed by atoms with Gasteiger partial charge in [-0.1, -0.05) is 17.7 Å². The van der Waals surface area contributed by atoms with Crippen LogP contribution >= 0.6 is 11.6 Å². The van der Waals surface area contributed by atoms with Crippen molar-refractivity contribution in [1.29, 1.82) is 0 Å². The Kier molecular flexibility index (Phi) is 4.30. The summed E-state index contributed by atoms with van der Waals surface area (Å²) in [5, 5.41) is 13.1. The molecule has 1 aromatic carbocycles. The Hall–Kier alpha value is -1.88. The van der Waals surface area contributed by atoms with Crippen molar-refractivity contribution in [2.75, 3.05) is 13.6 Å². The molecule has 0 amide bonds. The Morgan fingerprint density at radius 2 is 2.12 bits per heavy atom. The van der Waals surface area contributed by atoms with E-state index in [1.807, 2.05) is 25.1 Å². The molecule has 0 saturated heterocycles. The minimum Gasteiger partial charge on any atom is -0.385 e. The molecule has 0 saturated carbocycles. The minimum atomic E-state index is -1.01. The summed E-state index contributed by atoms with van der Waals surface area (Å²) in [5.74, 6) is 0. The van der Waals surface area contributed by atoms with Crippen LogP contribution in [-0.4, -0.2) is 33.1 Å². The van der Waals surface area contributed by atoms with Crippen molar-refractivity contribution in [3.8, 4) is 0 Å². The van der Waals surface area contributed by atoms with Crippen molar-refractivity contribution in [2.24, 2.45) is 7.05 Å². The molecule has 0 spiro atoms. The lowest BCUT2D eigenvalue weighted by Gasteiger charge is -2.24. The van der Waals surface area contributed by atoms with Crippen LogP contribution in [0.1, 0.15) is 29.3 Å². The molecule has 0 radical (unpaired) electrons. The second-order valence-corrected chi connectivity index (χ2v) is 8.06. The smallest absolute Gasteiger partial charge is 0.0924 e. The number of likely N-dealkylation sites (N-methyl/N-ethyl adjacent to an activating group) is 1. The van der Waals surface area contributed by atoms with E-state index < -0.39 is 5.60 Å². The fourth-order valence-electron chi connectivity index (χ4n) is 4.20.